The summed E-state index contributed by atoms with van der Waals surface area (Å²) in [6.07, 6.45) is 2.73. The minimum absolute atomic E-state index is 0.553. The molecule has 0 fully saturated rings. The minimum atomic E-state index is 0.553. The lowest BCUT2D eigenvalue weighted by molar-refractivity contribution is 0.200. The molecule has 0 unspecified atom stereocenters. The molecule has 0 aliphatic carbocycles. The largest absolute Gasteiger partial charge is 0.384 e. The van der Waals surface area contributed by atoms with Crippen molar-refractivity contribution >= 4 is 17.1 Å². The maximum Gasteiger partial charge on any atom is 0.155 e. The average Bonchev–Trinajstić information content (AvgIpc) is 2.54. The molecule has 0 saturated carbocycles. The fourth-order valence-corrected chi connectivity index (χ4v) is 1.68. The van der Waals surface area contributed by atoms with Gasteiger partial charge in [0.2, 0.25) is 0 Å². The van der Waals surface area contributed by atoms with Gasteiger partial charge in [-0.2, -0.15) is 0 Å². The van der Waals surface area contributed by atoms with E-state index in [2.05, 4.69) is 4.98 Å². The van der Waals surface area contributed by atoms with E-state index in [4.69, 9.17) is 16.3 Å². The lowest BCUT2D eigenvalue weighted by Gasteiger charge is -1.99. The lowest BCUT2D eigenvalue weighted by Crippen LogP contribution is -1.99. The highest BCUT2D eigenvalue weighted by Crippen LogP contribution is 2.17. The van der Waals surface area contributed by atoms with E-state index in [0.717, 1.165) is 17.8 Å². The zero-order chi connectivity index (χ0) is 9.97. The number of methoxy groups -OCH3 is 1. The Morgan fingerprint density at radius 3 is 3.14 bits per heavy atom. The normalized spacial score (nSPS) is 11.0. The van der Waals surface area contributed by atoms with E-state index in [1.807, 2.05) is 28.8 Å². The van der Waals surface area contributed by atoms with Crippen LogP contribution in [0.3, 0.4) is 0 Å². The molecule has 0 radical (unpaired) electrons. The number of pyridine rings is 1. The number of nitrogens with zero attached hydrogens (tertiary/aromatic N) is 2. The molecule has 3 nitrogen and oxygen atoms in total. The summed E-state index contributed by atoms with van der Waals surface area (Å²) < 4.78 is 6.99. The van der Waals surface area contributed by atoms with Crippen LogP contribution in [0.1, 0.15) is 5.82 Å². The second-order valence-corrected chi connectivity index (χ2v) is 3.38. The van der Waals surface area contributed by atoms with Crippen molar-refractivity contribution in [3.63, 3.8) is 0 Å². The lowest BCUT2D eigenvalue weighted by atomic mass is 10.4. The minimum Gasteiger partial charge on any atom is -0.384 e. The molecule has 0 N–H and O–H groups in total. The molecule has 2 aromatic rings. The van der Waals surface area contributed by atoms with Gasteiger partial charge in [-0.05, 0) is 12.1 Å². The van der Waals surface area contributed by atoms with E-state index in [0.29, 0.717) is 11.8 Å². The molecule has 0 spiro atoms. The Bertz CT molecular complexity index is 439. The van der Waals surface area contributed by atoms with Gasteiger partial charge in [0.05, 0.1) is 12.1 Å². The van der Waals surface area contributed by atoms with Crippen LogP contribution >= 0.6 is 11.6 Å². The number of hydrogen-bond donors (Lipinski definition) is 0. The van der Waals surface area contributed by atoms with Gasteiger partial charge in [0.25, 0.3) is 0 Å². The molecular weight excluding hydrogens is 200 g/mol. The van der Waals surface area contributed by atoms with E-state index in [1.54, 1.807) is 7.11 Å². The van der Waals surface area contributed by atoms with Gasteiger partial charge in [-0.1, -0.05) is 17.7 Å². The third-order valence-electron chi connectivity index (χ3n) is 2.11. The number of hydrogen-bond acceptors (Lipinski definition) is 2. The fraction of sp³-hybridized carbons (Fsp3) is 0.300. The zero-order valence-corrected chi connectivity index (χ0v) is 8.66. The number of ether oxygens (including phenoxy) is 1. The maximum atomic E-state index is 5.98. The summed E-state index contributed by atoms with van der Waals surface area (Å²) in [6.45, 7) is 0.657. The molecule has 74 valence electrons. The Hall–Kier alpha value is -1.06. The van der Waals surface area contributed by atoms with Gasteiger partial charge in [0, 0.05) is 19.7 Å². The van der Waals surface area contributed by atoms with Gasteiger partial charge in [0.1, 0.15) is 5.82 Å². The van der Waals surface area contributed by atoms with Gasteiger partial charge < -0.3 is 9.14 Å². The molecule has 0 bridgehead atoms. The van der Waals surface area contributed by atoms with E-state index in [1.165, 1.54) is 0 Å². The number of aromatic nitrogens is 2. The predicted octanol–water partition coefficient (Wildman–Crippen LogP) is 2.18. The highest BCUT2D eigenvalue weighted by Gasteiger charge is 2.07. The monoisotopic (exact) mass is 210 g/mol. The highest BCUT2D eigenvalue weighted by molar-refractivity contribution is 6.32. The standard InChI is InChI=1S/C10H11ClN2O/c1-14-7-5-9-12-10(11)8-4-2-3-6-13(8)9/h2-4,6H,5,7H2,1H3. The van der Waals surface area contributed by atoms with Crippen LogP contribution in [-0.2, 0) is 11.2 Å². The Balaban J connectivity index is 2.44. The first kappa shape index (κ1) is 9.49. The van der Waals surface area contributed by atoms with E-state index >= 15 is 0 Å². The third-order valence-corrected chi connectivity index (χ3v) is 2.38. The Morgan fingerprint density at radius 1 is 1.50 bits per heavy atom. The van der Waals surface area contributed by atoms with Crippen LogP contribution in [0.4, 0.5) is 0 Å². The van der Waals surface area contributed by atoms with Crippen molar-refractivity contribution in [2.75, 3.05) is 13.7 Å². The van der Waals surface area contributed by atoms with Crippen molar-refractivity contribution in [3.8, 4) is 0 Å². The third kappa shape index (κ3) is 1.61. The molecule has 0 amide bonds. The molecule has 0 atom stereocenters. The first-order valence-corrected chi connectivity index (χ1v) is 4.81. The number of fused-ring (bicyclic) bond motifs is 1. The molecule has 2 aromatic heterocycles. The smallest absolute Gasteiger partial charge is 0.155 e. The van der Waals surface area contributed by atoms with Gasteiger partial charge in [0.15, 0.2) is 5.15 Å². The molecule has 0 saturated heterocycles. The van der Waals surface area contributed by atoms with Crippen LogP contribution in [0, 0.1) is 0 Å². The molecule has 2 heterocycles. The molecule has 14 heavy (non-hydrogen) atoms. The summed E-state index contributed by atoms with van der Waals surface area (Å²) in [6, 6.07) is 5.86. The average molecular weight is 211 g/mol. The van der Waals surface area contributed by atoms with Crippen LogP contribution in [-0.4, -0.2) is 23.1 Å². The Labute approximate surface area is 87.3 Å². The molecule has 0 aliphatic heterocycles. The number of rotatable bonds is 3. The number of halogens is 1. The predicted molar refractivity (Wildman–Crippen MR) is 55.8 cm³/mol. The van der Waals surface area contributed by atoms with Crippen molar-refractivity contribution < 1.29 is 4.74 Å². The van der Waals surface area contributed by atoms with Crippen LogP contribution in [0.5, 0.6) is 0 Å². The second kappa shape index (κ2) is 3.98. The fourth-order valence-electron chi connectivity index (χ4n) is 1.43. The maximum absolute atomic E-state index is 5.98. The van der Waals surface area contributed by atoms with Crippen LogP contribution in [0.15, 0.2) is 24.4 Å². The summed E-state index contributed by atoms with van der Waals surface area (Å²) >= 11 is 5.98. The second-order valence-electron chi connectivity index (χ2n) is 3.02. The molecule has 0 aromatic carbocycles. The molecule has 2 rings (SSSR count). The Morgan fingerprint density at radius 2 is 2.36 bits per heavy atom. The van der Waals surface area contributed by atoms with Gasteiger partial charge in [-0.25, -0.2) is 4.98 Å². The summed E-state index contributed by atoms with van der Waals surface area (Å²) in [5.74, 6) is 0.937. The van der Waals surface area contributed by atoms with Crippen molar-refractivity contribution in [1.29, 1.82) is 0 Å². The van der Waals surface area contributed by atoms with Crippen molar-refractivity contribution in [3.05, 3.63) is 35.4 Å². The summed E-state index contributed by atoms with van der Waals surface area (Å²) in [5, 5.41) is 0.553. The summed E-state index contributed by atoms with van der Waals surface area (Å²) in [7, 11) is 1.68. The van der Waals surface area contributed by atoms with Gasteiger partial charge >= 0.3 is 0 Å². The van der Waals surface area contributed by atoms with E-state index in [-0.39, 0.29) is 0 Å². The first-order valence-electron chi connectivity index (χ1n) is 4.43. The number of imidazole rings is 1. The van der Waals surface area contributed by atoms with Crippen molar-refractivity contribution in [2.45, 2.75) is 6.42 Å². The van der Waals surface area contributed by atoms with E-state index < -0.39 is 0 Å². The SMILES string of the molecule is COCCc1nc(Cl)c2ccccn12. The van der Waals surface area contributed by atoms with Crippen LogP contribution in [0.2, 0.25) is 5.15 Å². The summed E-state index contributed by atoms with van der Waals surface area (Å²) in [4.78, 5) is 4.28. The molecule has 0 aliphatic rings. The van der Waals surface area contributed by atoms with Crippen molar-refractivity contribution in [2.24, 2.45) is 0 Å². The van der Waals surface area contributed by atoms with Gasteiger partial charge in [-0.15, -0.1) is 0 Å². The quantitative estimate of drug-likeness (QED) is 0.777. The molecule has 4 heteroatoms. The summed E-state index contributed by atoms with van der Waals surface area (Å²) in [5.41, 5.74) is 0.945. The first-order chi connectivity index (χ1) is 6.83. The molecular formula is C10H11ClN2O. The van der Waals surface area contributed by atoms with Gasteiger partial charge in [-0.3, -0.25) is 0 Å². The Kier molecular flexibility index (Phi) is 2.70. The highest BCUT2D eigenvalue weighted by atomic mass is 35.5. The van der Waals surface area contributed by atoms with Crippen LogP contribution in [0.25, 0.3) is 5.52 Å². The van der Waals surface area contributed by atoms with Crippen LogP contribution < -0.4 is 0 Å². The zero-order valence-electron chi connectivity index (χ0n) is 7.90. The topological polar surface area (TPSA) is 26.5 Å². The van der Waals surface area contributed by atoms with E-state index in [9.17, 15) is 0 Å². The van der Waals surface area contributed by atoms with Crippen molar-refractivity contribution in [1.82, 2.24) is 9.38 Å².